The van der Waals surface area contributed by atoms with E-state index in [2.05, 4.69) is 15.4 Å². The molecule has 1 aromatic heterocycles. The normalized spacial score (nSPS) is 10.3. The molecule has 0 bridgehead atoms. The maximum absolute atomic E-state index is 12.9. The second kappa shape index (κ2) is 4.05. The van der Waals surface area contributed by atoms with E-state index < -0.39 is 11.8 Å². The molecule has 6 nitrogen and oxygen atoms in total. The number of aliphatic carboxylic acids is 1. The molecule has 16 heavy (non-hydrogen) atoms. The van der Waals surface area contributed by atoms with E-state index in [0.29, 0.717) is 5.56 Å². The van der Waals surface area contributed by atoms with Crippen LogP contribution in [0, 0.1) is 5.82 Å². The highest BCUT2D eigenvalue weighted by atomic mass is 19.1. The van der Waals surface area contributed by atoms with Crippen LogP contribution in [-0.2, 0) is 11.3 Å². The quantitative estimate of drug-likeness (QED) is 0.820. The summed E-state index contributed by atoms with van der Waals surface area (Å²) < 4.78 is 12.9. The van der Waals surface area contributed by atoms with Crippen molar-refractivity contribution in [1.29, 1.82) is 0 Å². The van der Waals surface area contributed by atoms with Crippen molar-refractivity contribution in [3.63, 3.8) is 0 Å². The van der Waals surface area contributed by atoms with E-state index in [4.69, 9.17) is 5.11 Å². The van der Waals surface area contributed by atoms with Gasteiger partial charge in [-0.15, -0.1) is 10.2 Å². The fourth-order valence-corrected chi connectivity index (χ4v) is 1.17. The van der Waals surface area contributed by atoms with E-state index in [1.807, 2.05) is 0 Å². The Kier molecular flexibility index (Phi) is 2.59. The summed E-state index contributed by atoms with van der Waals surface area (Å²) in [5, 5.41) is 19.5. The van der Waals surface area contributed by atoms with Crippen LogP contribution in [0.1, 0.15) is 0 Å². The minimum atomic E-state index is -1.07. The molecule has 1 aromatic carbocycles. The second-order valence-corrected chi connectivity index (χ2v) is 3.05. The Morgan fingerprint density at radius 1 is 1.50 bits per heavy atom. The molecule has 0 aliphatic heterocycles. The number of tetrazole rings is 1. The SMILES string of the molecule is O=C(O)Cn1nnc(-c2cccc(F)c2)n1. The minimum absolute atomic E-state index is 0.195. The van der Waals surface area contributed by atoms with Crippen molar-refractivity contribution in [3.05, 3.63) is 30.1 Å². The van der Waals surface area contributed by atoms with Gasteiger partial charge in [0.25, 0.3) is 0 Å². The number of carboxylic acids is 1. The van der Waals surface area contributed by atoms with Crippen molar-refractivity contribution < 1.29 is 14.3 Å². The molecule has 0 saturated carbocycles. The molecule has 0 aliphatic rings. The van der Waals surface area contributed by atoms with Gasteiger partial charge in [0.1, 0.15) is 5.82 Å². The number of halogens is 1. The molecule has 1 heterocycles. The molecule has 0 unspecified atom stereocenters. The molecule has 7 heteroatoms. The highest BCUT2D eigenvalue weighted by Gasteiger charge is 2.08. The number of aromatic nitrogens is 4. The molecule has 0 atom stereocenters. The Balaban J connectivity index is 2.28. The van der Waals surface area contributed by atoms with Gasteiger partial charge in [-0.1, -0.05) is 12.1 Å². The van der Waals surface area contributed by atoms with Crippen molar-refractivity contribution >= 4 is 5.97 Å². The standard InChI is InChI=1S/C9H7FN4O2/c10-7-3-1-2-6(4-7)9-11-13-14(12-9)5-8(15)16/h1-4H,5H2,(H,15,16). The Hall–Kier alpha value is -2.31. The number of nitrogens with zero attached hydrogens (tertiary/aromatic N) is 4. The largest absolute Gasteiger partial charge is 0.480 e. The lowest BCUT2D eigenvalue weighted by Crippen LogP contribution is -2.11. The van der Waals surface area contributed by atoms with Gasteiger partial charge in [0, 0.05) is 5.56 Å². The van der Waals surface area contributed by atoms with Gasteiger partial charge in [0.15, 0.2) is 6.54 Å². The molecule has 0 spiro atoms. The third-order valence-electron chi connectivity index (χ3n) is 1.81. The molecule has 0 saturated heterocycles. The number of hydrogen-bond donors (Lipinski definition) is 1. The zero-order valence-electron chi connectivity index (χ0n) is 8.04. The topological polar surface area (TPSA) is 80.9 Å². The number of carboxylic acid groups (broad SMARTS) is 1. The molecule has 0 fully saturated rings. The number of carbonyl (C=O) groups is 1. The monoisotopic (exact) mass is 222 g/mol. The molecule has 2 aromatic rings. The van der Waals surface area contributed by atoms with Gasteiger partial charge in [-0.2, -0.15) is 4.80 Å². The van der Waals surface area contributed by atoms with Crippen molar-refractivity contribution in [2.24, 2.45) is 0 Å². The van der Waals surface area contributed by atoms with Crippen LogP contribution >= 0.6 is 0 Å². The average molecular weight is 222 g/mol. The van der Waals surface area contributed by atoms with E-state index in [0.717, 1.165) is 4.80 Å². The predicted molar refractivity (Wildman–Crippen MR) is 50.8 cm³/mol. The summed E-state index contributed by atoms with van der Waals surface area (Å²) in [6, 6.07) is 5.68. The fourth-order valence-electron chi connectivity index (χ4n) is 1.17. The van der Waals surface area contributed by atoms with E-state index >= 15 is 0 Å². The molecule has 2 rings (SSSR count). The second-order valence-electron chi connectivity index (χ2n) is 3.05. The Bertz CT molecular complexity index is 526. The van der Waals surface area contributed by atoms with Crippen LogP contribution in [0.25, 0.3) is 11.4 Å². The van der Waals surface area contributed by atoms with Crippen LogP contribution in [0.4, 0.5) is 4.39 Å². The predicted octanol–water partition coefficient (Wildman–Crippen LogP) is 0.564. The van der Waals surface area contributed by atoms with Gasteiger partial charge in [-0.25, -0.2) is 4.39 Å². The molecule has 0 aliphatic carbocycles. The van der Waals surface area contributed by atoms with Gasteiger partial charge < -0.3 is 5.11 Å². The Labute approximate surface area is 89.3 Å². The summed E-state index contributed by atoms with van der Waals surface area (Å²) in [7, 11) is 0. The van der Waals surface area contributed by atoms with E-state index in [1.165, 1.54) is 18.2 Å². The molecule has 1 N–H and O–H groups in total. The Morgan fingerprint density at radius 3 is 3.00 bits per heavy atom. The highest BCUT2D eigenvalue weighted by molar-refractivity contribution is 5.66. The molecular weight excluding hydrogens is 215 g/mol. The summed E-state index contributed by atoms with van der Waals surface area (Å²) in [6.45, 7) is -0.373. The van der Waals surface area contributed by atoms with E-state index in [-0.39, 0.29) is 12.4 Å². The zero-order chi connectivity index (χ0) is 11.5. The summed E-state index contributed by atoms with van der Waals surface area (Å²) in [5.74, 6) is -1.28. The number of hydrogen-bond acceptors (Lipinski definition) is 4. The lowest BCUT2D eigenvalue weighted by atomic mass is 10.2. The van der Waals surface area contributed by atoms with Gasteiger partial charge in [-0.05, 0) is 17.3 Å². The molecule has 82 valence electrons. The fraction of sp³-hybridized carbons (Fsp3) is 0.111. The van der Waals surface area contributed by atoms with Crippen LogP contribution < -0.4 is 0 Å². The van der Waals surface area contributed by atoms with Gasteiger partial charge in [-0.3, -0.25) is 4.79 Å². The van der Waals surface area contributed by atoms with E-state index in [9.17, 15) is 9.18 Å². The molecule has 0 radical (unpaired) electrons. The summed E-state index contributed by atoms with van der Waals surface area (Å²) in [6.07, 6.45) is 0. The first-order valence-corrected chi connectivity index (χ1v) is 4.41. The van der Waals surface area contributed by atoms with Gasteiger partial charge >= 0.3 is 5.97 Å². The van der Waals surface area contributed by atoms with Gasteiger partial charge in [0.05, 0.1) is 0 Å². The summed E-state index contributed by atoms with van der Waals surface area (Å²) in [5.41, 5.74) is 0.455. The van der Waals surface area contributed by atoms with Gasteiger partial charge in [0.2, 0.25) is 5.82 Å². The number of benzene rings is 1. The third-order valence-corrected chi connectivity index (χ3v) is 1.81. The molecular formula is C9H7FN4O2. The lowest BCUT2D eigenvalue weighted by molar-refractivity contribution is -0.138. The maximum Gasteiger partial charge on any atom is 0.327 e. The average Bonchev–Trinajstić information content (AvgIpc) is 2.65. The third kappa shape index (κ3) is 2.19. The van der Waals surface area contributed by atoms with Crippen molar-refractivity contribution in [2.75, 3.05) is 0 Å². The molecule has 0 amide bonds. The first-order chi connectivity index (χ1) is 7.65. The number of rotatable bonds is 3. The summed E-state index contributed by atoms with van der Waals surface area (Å²) in [4.78, 5) is 11.3. The van der Waals surface area contributed by atoms with Crippen LogP contribution in [0.2, 0.25) is 0 Å². The first-order valence-electron chi connectivity index (χ1n) is 4.41. The Morgan fingerprint density at radius 2 is 2.31 bits per heavy atom. The van der Waals surface area contributed by atoms with Crippen LogP contribution in [0.15, 0.2) is 24.3 Å². The first kappa shape index (κ1) is 10.2. The van der Waals surface area contributed by atoms with Crippen molar-refractivity contribution in [3.8, 4) is 11.4 Å². The van der Waals surface area contributed by atoms with E-state index in [1.54, 1.807) is 6.07 Å². The van der Waals surface area contributed by atoms with Crippen LogP contribution in [0.3, 0.4) is 0 Å². The highest BCUT2D eigenvalue weighted by Crippen LogP contribution is 2.14. The smallest absolute Gasteiger partial charge is 0.327 e. The lowest BCUT2D eigenvalue weighted by Gasteiger charge is -1.93. The summed E-state index contributed by atoms with van der Waals surface area (Å²) >= 11 is 0. The minimum Gasteiger partial charge on any atom is -0.480 e. The zero-order valence-corrected chi connectivity index (χ0v) is 8.04. The van der Waals surface area contributed by atoms with Crippen LogP contribution in [-0.4, -0.2) is 31.3 Å². The van der Waals surface area contributed by atoms with Crippen LogP contribution in [0.5, 0.6) is 0 Å². The maximum atomic E-state index is 12.9. The van der Waals surface area contributed by atoms with Crippen molar-refractivity contribution in [1.82, 2.24) is 20.2 Å². The van der Waals surface area contributed by atoms with Crippen molar-refractivity contribution in [2.45, 2.75) is 6.54 Å².